The van der Waals surface area contributed by atoms with Crippen LogP contribution in [-0.2, 0) is 0 Å². The highest BCUT2D eigenvalue weighted by Gasteiger charge is 2.21. The van der Waals surface area contributed by atoms with E-state index in [0.717, 1.165) is 65.4 Å². The fraction of sp³-hybridized carbons (Fsp3) is 0.200. The van der Waals surface area contributed by atoms with Gasteiger partial charge in [-0.1, -0.05) is 24.1 Å². The van der Waals surface area contributed by atoms with Crippen molar-refractivity contribution in [1.29, 1.82) is 0 Å². The minimum Gasteiger partial charge on any atom is -0.393 e. The van der Waals surface area contributed by atoms with Crippen LogP contribution in [0.1, 0.15) is 42.5 Å². The van der Waals surface area contributed by atoms with Crippen molar-refractivity contribution in [3.63, 3.8) is 0 Å². The lowest BCUT2D eigenvalue weighted by atomic mass is 9.93. The summed E-state index contributed by atoms with van der Waals surface area (Å²) in [6, 6.07) is 26.0. The molecule has 3 heterocycles. The van der Waals surface area contributed by atoms with Gasteiger partial charge in [-0.15, -0.1) is 0 Å². The van der Waals surface area contributed by atoms with Crippen molar-refractivity contribution in [3.05, 3.63) is 114 Å². The molecule has 1 aliphatic carbocycles. The molecule has 0 spiro atoms. The van der Waals surface area contributed by atoms with E-state index in [9.17, 15) is 5.11 Å². The minimum absolute atomic E-state index is 0.217. The van der Waals surface area contributed by atoms with Crippen LogP contribution < -0.4 is 16.0 Å². The maximum Gasteiger partial charge on any atom is 0.229 e. The van der Waals surface area contributed by atoms with E-state index in [1.807, 2.05) is 66.7 Å². The quantitative estimate of drug-likeness (QED) is 0.158. The number of hydrogen-bond donors (Lipinski definition) is 4. The zero-order valence-corrected chi connectivity index (χ0v) is 24.0. The van der Waals surface area contributed by atoms with E-state index in [0.29, 0.717) is 11.6 Å². The van der Waals surface area contributed by atoms with Gasteiger partial charge in [0.2, 0.25) is 5.95 Å². The Kier molecular flexibility index (Phi) is 8.53. The van der Waals surface area contributed by atoms with Gasteiger partial charge in [0, 0.05) is 47.3 Å². The van der Waals surface area contributed by atoms with Gasteiger partial charge in [-0.25, -0.2) is 9.97 Å². The number of hydrogen-bond acceptors (Lipinski definition) is 8. The smallest absolute Gasteiger partial charge is 0.229 e. The lowest BCUT2D eigenvalue weighted by molar-refractivity contribution is 0.126. The number of anilines is 5. The fourth-order valence-corrected chi connectivity index (χ4v) is 5.04. The standard InChI is InChI=1S/C35H33N7O/c1-24-5-4-6-29(21-24)39-30-18-20-36-28(22-30)13-10-25-8-11-27(12-9-25)41-35-38-23-32(33-7-2-3-19-37-33)34(42-35)40-26-14-16-31(43)17-15-26/h2-9,11-12,18-23,26,31,43H,14-17H2,1H3,(H,36,39)(H2,38,40,41,42). The minimum atomic E-state index is -0.217. The molecule has 6 rings (SSSR count). The van der Waals surface area contributed by atoms with Gasteiger partial charge >= 0.3 is 0 Å². The summed E-state index contributed by atoms with van der Waals surface area (Å²) in [7, 11) is 0. The van der Waals surface area contributed by atoms with Crippen molar-refractivity contribution >= 4 is 28.8 Å². The number of aliphatic hydroxyl groups excluding tert-OH is 1. The summed E-state index contributed by atoms with van der Waals surface area (Å²) in [5.41, 5.74) is 7.23. The van der Waals surface area contributed by atoms with Crippen molar-refractivity contribution in [3.8, 4) is 23.1 Å². The zero-order chi connectivity index (χ0) is 29.4. The molecule has 4 N–H and O–H groups in total. The first-order valence-corrected chi connectivity index (χ1v) is 14.5. The van der Waals surface area contributed by atoms with Crippen LogP contribution in [-0.4, -0.2) is 37.2 Å². The van der Waals surface area contributed by atoms with Gasteiger partial charge < -0.3 is 21.1 Å². The number of aromatic nitrogens is 4. The molecule has 0 saturated heterocycles. The molecule has 0 radical (unpaired) electrons. The molecular weight excluding hydrogens is 534 g/mol. The molecule has 214 valence electrons. The van der Waals surface area contributed by atoms with Gasteiger partial charge in [0.25, 0.3) is 0 Å². The van der Waals surface area contributed by atoms with Gasteiger partial charge in [0.1, 0.15) is 11.5 Å². The highest BCUT2D eigenvalue weighted by atomic mass is 16.3. The second-order valence-corrected chi connectivity index (χ2v) is 10.7. The number of pyridine rings is 2. The summed E-state index contributed by atoms with van der Waals surface area (Å²) < 4.78 is 0. The molecule has 2 aromatic carbocycles. The van der Waals surface area contributed by atoms with Crippen molar-refractivity contribution in [1.82, 2.24) is 19.9 Å². The Balaban J connectivity index is 1.15. The number of nitrogens with zero attached hydrogens (tertiary/aromatic N) is 4. The van der Waals surface area contributed by atoms with Crippen molar-refractivity contribution in [2.75, 3.05) is 16.0 Å². The summed E-state index contributed by atoms with van der Waals surface area (Å²) in [5, 5.41) is 20.2. The molecule has 0 atom stereocenters. The molecule has 1 aliphatic rings. The lowest BCUT2D eigenvalue weighted by Crippen LogP contribution is -2.29. The third-order valence-corrected chi connectivity index (χ3v) is 7.31. The van der Waals surface area contributed by atoms with Crippen LogP contribution in [0.15, 0.2) is 97.5 Å². The molecule has 0 amide bonds. The normalized spacial score (nSPS) is 16.0. The van der Waals surface area contributed by atoms with Crippen LogP contribution in [0.25, 0.3) is 11.3 Å². The Hall–Kier alpha value is -5.26. The second-order valence-electron chi connectivity index (χ2n) is 10.7. The Bertz CT molecular complexity index is 1740. The van der Waals surface area contributed by atoms with Crippen LogP contribution in [0.5, 0.6) is 0 Å². The Morgan fingerprint density at radius 3 is 2.37 bits per heavy atom. The topological polar surface area (TPSA) is 108 Å². The van der Waals surface area contributed by atoms with Gasteiger partial charge in [-0.3, -0.25) is 4.98 Å². The third kappa shape index (κ3) is 7.53. The van der Waals surface area contributed by atoms with E-state index >= 15 is 0 Å². The van der Waals surface area contributed by atoms with Crippen molar-refractivity contribution in [2.24, 2.45) is 0 Å². The predicted octanol–water partition coefficient (Wildman–Crippen LogP) is 6.84. The molecule has 1 fully saturated rings. The molecule has 0 aliphatic heterocycles. The van der Waals surface area contributed by atoms with E-state index in [1.165, 1.54) is 5.56 Å². The fourth-order valence-electron chi connectivity index (χ4n) is 5.04. The van der Waals surface area contributed by atoms with Crippen LogP contribution in [0.4, 0.5) is 28.8 Å². The highest BCUT2D eigenvalue weighted by Crippen LogP contribution is 2.29. The predicted molar refractivity (Wildman–Crippen MR) is 172 cm³/mol. The molecule has 0 unspecified atom stereocenters. The summed E-state index contributed by atoms with van der Waals surface area (Å²) in [6.45, 7) is 2.07. The van der Waals surface area contributed by atoms with Crippen LogP contribution in [0, 0.1) is 18.8 Å². The molecular formula is C35H33N7O. The van der Waals surface area contributed by atoms with Gasteiger partial charge in [-0.2, -0.15) is 4.98 Å². The number of benzene rings is 2. The number of rotatable bonds is 7. The number of aliphatic hydroxyl groups is 1. The second kappa shape index (κ2) is 13.1. The SMILES string of the molecule is Cc1cccc(Nc2ccnc(C#Cc3ccc(Nc4ncc(-c5ccccn5)c(NC5CCC(O)CC5)n4)cc3)c2)c1. The highest BCUT2D eigenvalue weighted by molar-refractivity contribution is 5.73. The van der Waals surface area contributed by atoms with E-state index in [1.54, 1.807) is 18.6 Å². The molecule has 43 heavy (non-hydrogen) atoms. The average Bonchev–Trinajstić information content (AvgIpc) is 3.03. The van der Waals surface area contributed by atoms with Gasteiger partial charge in [0.05, 0.1) is 17.4 Å². The maximum absolute atomic E-state index is 9.93. The van der Waals surface area contributed by atoms with Crippen molar-refractivity contribution < 1.29 is 5.11 Å². The Morgan fingerprint density at radius 1 is 0.744 bits per heavy atom. The first-order chi connectivity index (χ1) is 21.1. The van der Waals surface area contributed by atoms with Crippen LogP contribution in [0.3, 0.4) is 0 Å². The molecule has 8 heteroatoms. The van der Waals surface area contributed by atoms with Crippen molar-refractivity contribution in [2.45, 2.75) is 44.8 Å². The van der Waals surface area contributed by atoms with E-state index in [-0.39, 0.29) is 12.1 Å². The first-order valence-electron chi connectivity index (χ1n) is 14.5. The van der Waals surface area contributed by atoms with E-state index in [2.05, 4.69) is 61.8 Å². The average molecular weight is 568 g/mol. The largest absolute Gasteiger partial charge is 0.393 e. The number of aryl methyl sites for hydroxylation is 1. The van der Waals surface area contributed by atoms with E-state index in [4.69, 9.17) is 4.98 Å². The molecule has 0 bridgehead atoms. The molecule has 1 saturated carbocycles. The van der Waals surface area contributed by atoms with Crippen LogP contribution >= 0.6 is 0 Å². The third-order valence-electron chi connectivity index (χ3n) is 7.31. The Labute approximate surface area is 251 Å². The summed E-state index contributed by atoms with van der Waals surface area (Å²) in [6.07, 6.45) is 8.46. The lowest BCUT2D eigenvalue weighted by Gasteiger charge is -2.27. The Morgan fingerprint density at radius 2 is 1.58 bits per heavy atom. The number of nitrogens with one attached hydrogen (secondary N) is 3. The van der Waals surface area contributed by atoms with Crippen LogP contribution in [0.2, 0.25) is 0 Å². The summed E-state index contributed by atoms with van der Waals surface area (Å²) in [4.78, 5) is 18.3. The first kappa shape index (κ1) is 27.9. The molecule has 8 nitrogen and oxygen atoms in total. The summed E-state index contributed by atoms with van der Waals surface area (Å²) in [5.74, 6) is 7.58. The maximum atomic E-state index is 9.93. The van der Waals surface area contributed by atoms with E-state index < -0.39 is 0 Å². The molecule has 5 aromatic rings. The molecule has 3 aromatic heterocycles. The summed E-state index contributed by atoms with van der Waals surface area (Å²) >= 11 is 0. The van der Waals surface area contributed by atoms with Gasteiger partial charge in [0.15, 0.2) is 0 Å². The monoisotopic (exact) mass is 567 g/mol. The van der Waals surface area contributed by atoms with Gasteiger partial charge in [-0.05, 0) is 105 Å². The zero-order valence-electron chi connectivity index (χ0n) is 24.0.